The van der Waals surface area contributed by atoms with Crippen molar-refractivity contribution in [2.24, 2.45) is 0 Å². The minimum Gasteiger partial charge on any atom is -0.393 e. The van der Waals surface area contributed by atoms with Crippen molar-refractivity contribution >= 4 is 11.0 Å². The summed E-state index contributed by atoms with van der Waals surface area (Å²) in [5.74, 6) is 1.18. The molecule has 3 rings (SSSR count). The highest BCUT2D eigenvalue weighted by Crippen LogP contribution is 2.34. The molecule has 96 valence electrons. The molecule has 1 aliphatic rings. The number of imidazole rings is 1. The van der Waals surface area contributed by atoms with Gasteiger partial charge in [-0.15, -0.1) is 0 Å². The predicted molar refractivity (Wildman–Crippen MR) is 72.6 cm³/mol. The number of nitrogens with zero attached hydrogens (tertiary/aromatic N) is 2. The lowest BCUT2D eigenvalue weighted by Crippen LogP contribution is -2.10. The van der Waals surface area contributed by atoms with Crippen molar-refractivity contribution in [1.82, 2.24) is 9.55 Å². The van der Waals surface area contributed by atoms with Crippen LogP contribution < -0.4 is 0 Å². The van der Waals surface area contributed by atoms with Crippen LogP contribution >= 0.6 is 0 Å². The summed E-state index contributed by atoms with van der Waals surface area (Å²) >= 11 is 0. The third kappa shape index (κ3) is 1.93. The summed E-state index contributed by atoms with van der Waals surface area (Å²) in [6.07, 6.45) is 4.85. The Morgan fingerprint density at radius 3 is 2.89 bits per heavy atom. The zero-order valence-electron chi connectivity index (χ0n) is 10.8. The van der Waals surface area contributed by atoms with E-state index in [0.29, 0.717) is 6.04 Å². The summed E-state index contributed by atoms with van der Waals surface area (Å²) in [4.78, 5) is 4.75. The number of aliphatic hydroxyl groups is 1. The SMILES string of the molecule is CCCc1nc2ccccc2n1C1CCC(O)C1. The summed E-state index contributed by atoms with van der Waals surface area (Å²) in [5, 5.41) is 9.76. The van der Waals surface area contributed by atoms with Crippen LogP contribution in [0.5, 0.6) is 0 Å². The molecule has 0 aliphatic heterocycles. The van der Waals surface area contributed by atoms with Crippen molar-refractivity contribution in [3.8, 4) is 0 Å². The molecule has 1 saturated carbocycles. The Bertz CT molecular complexity index is 546. The lowest BCUT2D eigenvalue weighted by Gasteiger charge is -2.16. The summed E-state index contributed by atoms with van der Waals surface area (Å²) in [6.45, 7) is 2.19. The molecule has 2 aromatic rings. The lowest BCUT2D eigenvalue weighted by molar-refractivity contribution is 0.178. The molecular formula is C15H20N2O. The first-order valence-electron chi connectivity index (χ1n) is 6.93. The van der Waals surface area contributed by atoms with Gasteiger partial charge in [0.25, 0.3) is 0 Å². The molecule has 3 nitrogen and oxygen atoms in total. The first kappa shape index (κ1) is 11.7. The van der Waals surface area contributed by atoms with E-state index in [0.717, 1.165) is 37.6 Å². The number of aliphatic hydroxyl groups excluding tert-OH is 1. The zero-order valence-corrected chi connectivity index (χ0v) is 10.8. The molecule has 0 amide bonds. The minimum atomic E-state index is -0.134. The fourth-order valence-corrected chi connectivity index (χ4v) is 3.07. The lowest BCUT2D eigenvalue weighted by atomic mass is 10.2. The first-order chi connectivity index (χ1) is 8.79. The van der Waals surface area contributed by atoms with Crippen LogP contribution in [0.1, 0.15) is 44.5 Å². The van der Waals surface area contributed by atoms with Crippen molar-refractivity contribution in [1.29, 1.82) is 0 Å². The van der Waals surface area contributed by atoms with Gasteiger partial charge in [-0.25, -0.2) is 4.98 Å². The van der Waals surface area contributed by atoms with Crippen LogP contribution in [0.15, 0.2) is 24.3 Å². The van der Waals surface area contributed by atoms with Crippen LogP contribution in [0.25, 0.3) is 11.0 Å². The minimum absolute atomic E-state index is 0.134. The highest BCUT2D eigenvalue weighted by molar-refractivity contribution is 5.76. The Balaban J connectivity index is 2.09. The standard InChI is InChI=1S/C15H20N2O/c1-2-5-15-16-13-6-3-4-7-14(13)17(15)11-8-9-12(18)10-11/h3-4,6-7,11-12,18H,2,5,8-10H2,1H3. The molecule has 1 N–H and O–H groups in total. The predicted octanol–water partition coefficient (Wildman–Crippen LogP) is 3.07. The van der Waals surface area contributed by atoms with Gasteiger partial charge in [-0.1, -0.05) is 19.1 Å². The van der Waals surface area contributed by atoms with Crippen LogP contribution in [-0.4, -0.2) is 20.8 Å². The zero-order chi connectivity index (χ0) is 12.5. The molecule has 0 spiro atoms. The molecule has 1 aliphatic carbocycles. The molecule has 2 atom stereocenters. The highest BCUT2D eigenvalue weighted by Gasteiger charge is 2.27. The summed E-state index contributed by atoms with van der Waals surface area (Å²) in [6, 6.07) is 8.76. The molecule has 0 saturated heterocycles. The first-order valence-corrected chi connectivity index (χ1v) is 6.93. The van der Waals surface area contributed by atoms with E-state index in [1.807, 2.05) is 6.07 Å². The fraction of sp³-hybridized carbons (Fsp3) is 0.533. The molecule has 1 aromatic carbocycles. The smallest absolute Gasteiger partial charge is 0.110 e. The van der Waals surface area contributed by atoms with Gasteiger partial charge in [0.05, 0.1) is 17.1 Å². The quantitative estimate of drug-likeness (QED) is 0.901. The average Bonchev–Trinajstić information content (AvgIpc) is 2.92. The summed E-state index contributed by atoms with van der Waals surface area (Å²) in [7, 11) is 0. The van der Waals surface area contributed by atoms with Gasteiger partial charge in [0.15, 0.2) is 0 Å². The van der Waals surface area contributed by atoms with E-state index < -0.39 is 0 Å². The van der Waals surface area contributed by atoms with E-state index in [9.17, 15) is 5.11 Å². The van der Waals surface area contributed by atoms with Crippen molar-refractivity contribution in [2.45, 2.75) is 51.2 Å². The van der Waals surface area contributed by atoms with Crippen molar-refractivity contribution < 1.29 is 5.11 Å². The summed E-state index contributed by atoms with van der Waals surface area (Å²) < 4.78 is 2.37. The second-order valence-electron chi connectivity index (χ2n) is 5.26. The van der Waals surface area contributed by atoms with Crippen LogP contribution in [0.2, 0.25) is 0 Å². The van der Waals surface area contributed by atoms with Gasteiger partial charge in [-0.05, 0) is 37.8 Å². The van der Waals surface area contributed by atoms with E-state index in [2.05, 4.69) is 29.7 Å². The fourth-order valence-electron chi connectivity index (χ4n) is 3.07. The molecule has 18 heavy (non-hydrogen) atoms. The van der Waals surface area contributed by atoms with E-state index >= 15 is 0 Å². The van der Waals surface area contributed by atoms with Gasteiger partial charge in [-0.2, -0.15) is 0 Å². The van der Waals surface area contributed by atoms with E-state index in [4.69, 9.17) is 4.98 Å². The maximum absolute atomic E-state index is 9.76. The number of benzene rings is 1. The van der Waals surface area contributed by atoms with Gasteiger partial charge in [0, 0.05) is 12.5 Å². The third-order valence-corrected chi connectivity index (χ3v) is 3.88. The number of hydrogen-bond acceptors (Lipinski definition) is 2. The van der Waals surface area contributed by atoms with E-state index in [1.54, 1.807) is 0 Å². The van der Waals surface area contributed by atoms with Gasteiger partial charge in [0.1, 0.15) is 5.82 Å². The topological polar surface area (TPSA) is 38.0 Å². The molecule has 1 aromatic heterocycles. The normalized spacial score (nSPS) is 23.9. The highest BCUT2D eigenvalue weighted by atomic mass is 16.3. The van der Waals surface area contributed by atoms with Gasteiger partial charge in [0.2, 0.25) is 0 Å². The van der Waals surface area contributed by atoms with Crippen LogP contribution in [0, 0.1) is 0 Å². The van der Waals surface area contributed by atoms with E-state index in [1.165, 1.54) is 11.3 Å². The second kappa shape index (κ2) is 4.73. The molecule has 3 heteroatoms. The van der Waals surface area contributed by atoms with Crippen LogP contribution in [-0.2, 0) is 6.42 Å². The number of aromatic nitrogens is 2. The number of fused-ring (bicyclic) bond motifs is 1. The number of aryl methyl sites for hydroxylation is 1. The Morgan fingerprint density at radius 1 is 1.33 bits per heavy atom. The van der Waals surface area contributed by atoms with Crippen molar-refractivity contribution in [3.05, 3.63) is 30.1 Å². The van der Waals surface area contributed by atoms with Crippen LogP contribution in [0.3, 0.4) is 0 Å². The number of para-hydroxylation sites is 2. The van der Waals surface area contributed by atoms with E-state index in [-0.39, 0.29) is 6.10 Å². The maximum Gasteiger partial charge on any atom is 0.110 e. The third-order valence-electron chi connectivity index (χ3n) is 3.88. The van der Waals surface area contributed by atoms with Gasteiger partial charge in [-0.3, -0.25) is 0 Å². The maximum atomic E-state index is 9.76. The van der Waals surface area contributed by atoms with Gasteiger partial charge < -0.3 is 9.67 Å². The largest absolute Gasteiger partial charge is 0.393 e. The Labute approximate surface area is 107 Å². The molecule has 2 unspecified atom stereocenters. The Kier molecular flexibility index (Phi) is 3.08. The van der Waals surface area contributed by atoms with Crippen molar-refractivity contribution in [3.63, 3.8) is 0 Å². The number of rotatable bonds is 3. The average molecular weight is 244 g/mol. The molecule has 0 radical (unpaired) electrons. The molecule has 1 fully saturated rings. The van der Waals surface area contributed by atoms with Gasteiger partial charge >= 0.3 is 0 Å². The van der Waals surface area contributed by atoms with Crippen LogP contribution in [0.4, 0.5) is 0 Å². The molecule has 1 heterocycles. The monoisotopic (exact) mass is 244 g/mol. The Morgan fingerprint density at radius 2 is 2.17 bits per heavy atom. The number of hydrogen-bond donors (Lipinski definition) is 1. The molecule has 0 bridgehead atoms. The summed E-state index contributed by atoms with van der Waals surface area (Å²) in [5.41, 5.74) is 2.31. The molecular weight excluding hydrogens is 224 g/mol. The van der Waals surface area contributed by atoms with Crippen molar-refractivity contribution in [2.75, 3.05) is 0 Å². The Hall–Kier alpha value is -1.35. The second-order valence-corrected chi connectivity index (χ2v) is 5.26.